The summed E-state index contributed by atoms with van der Waals surface area (Å²) in [5.74, 6) is 1.54. The summed E-state index contributed by atoms with van der Waals surface area (Å²) in [7, 11) is 0. The van der Waals surface area contributed by atoms with Crippen molar-refractivity contribution in [2.24, 2.45) is 5.41 Å². The third-order valence-corrected chi connectivity index (χ3v) is 4.07. The van der Waals surface area contributed by atoms with E-state index in [0.29, 0.717) is 13.2 Å². The molecular formula is C15H20O3. The maximum atomic E-state index is 10.8. The number of ether oxygens (including phenoxy) is 2. The lowest BCUT2D eigenvalue weighted by Gasteiger charge is -2.27. The van der Waals surface area contributed by atoms with Crippen molar-refractivity contribution in [3.8, 4) is 11.5 Å². The average Bonchev–Trinajstić information content (AvgIpc) is 2.64. The molecule has 3 nitrogen and oxygen atoms in total. The summed E-state index contributed by atoms with van der Waals surface area (Å²) in [6.07, 6.45) is 2.68. The Balaban J connectivity index is 1.93. The average molecular weight is 248 g/mol. The molecule has 3 rings (SSSR count). The second-order valence-corrected chi connectivity index (χ2v) is 6.23. The maximum Gasteiger partial charge on any atom is 0.161 e. The first-order chi connectivity index (χ1) is 8.49. The van der Waals surface area contributed by atoms with Crippen molar-refractivity contribution in [2.45, 2.75) is 38.7 Å². The van der Waals surface area contributed by atoms with Gasteiger partial charge in [0.05, 0.1) is 5.60 Å². The zero-order valence-electron chi connectivity index (χ0n) is 11.0. The number of benzene rings is 1. The third kappa shape index (κ3) is 1.97. The Morgan fingerprint density at radius 1 is 1.06 bits per heavy atom. The van der Waals surface area contributed by atoms with Crippen LogP contribution in [-0.4, -0.2) is 18.3 Å². The Morgan fingerprint density at radius 2 is 1.78 bits per heavy atom. The molecule has 1 saturated carbocycles. The highest BCUT2D eigenvalue weighted by molar-refractivity contribution is 5.45. The lowest BCUT2D eigenvalue weighted by atomic mass is 9.86. The fourth-order valence-corrected chi connectivity index (χ4v) is 3.09. The van der Waals surface area contributed by atoms with Crippen molar-refractivity contribution >= 4 is 0 Å². The van der Waals surface area contributed by atoms with Gasteiger partial charge in [-0.15, -0.1) is 0 Å². The van der Waals surface area contributed by atoms with Crippen LogP contribution < -0.4 is 9.47 Å². The number of rotatable bonds is 1. The molecule has 0 saturated heterocycles. The van der Waals surface area contributed by atoms with Crippen molar-refractivity contribution < 1.29 is 14.6 Å². The number of hydrogen-bond acceptors (Lipinski definition) is 3. The molecule has 1 fully saturated rings. The first-order valence-corrected chi connectivity index (χ1v) is 6.61. The van der Waals surface area contributed by atoms with Crippen LogP contribution in [0.4, 0.5) is 0 Å². The van der Waals surface area contributed by atoms with E-state index in [1.807, 2.05) is 18.2 Å². The molecule has 3 heteroatoms. The molecule has 1 N–H and O–H groups in total. The second-order valence-electron chi connectivity index (χ2n) is 6.23. The smallest absolute Gasteiger partial charge is 0.161 e. The summed E-state index contributed by atoms with van der Waals surface area (Å²) < 4.78 is 11.1. The monoisotopic (exact) mass is 248 g/mol. The fourth-order valence-electron chi connectivity index (χ4n) is 3.09. The second kappa shape index (κ2) is 3.89. The van der Waals surface area contributed by atoms with E-state index in [1.54, 1.807) is 0 Å². The molecule has 1 heterocycles. The zero-order valence-corrected chi connectivity index (χ0v) is 11.0. The minimum atomic E-state index is -0.709. The Hall–Kier alpha value is -1.22. The molecule has 2 aliphatic rings. The molecule has 1 aliphatic carbocycles. The molecule has 1 atom stereocenters. The Bertz CT molecular complexity index is 467. The van der Waals surface area contributed by atoms with E-state index in [-0.39, 0.29) is 5.41 Å². The molecule has 0 amide bonds. The van der Waals surface area contributed by atoms with E-state index < -0.39 is 5.60 Å². The van der Waals surface area contributed by atoms with Crippen LogP contribution in [0.5, 0.6) is 11.5 Å². The fraction of sp³-hybridized carbons (Fsp3) is 0.600. The molecule has 98 valence electrons. The van der Waals surface area contributed by atoms with Gasteiger partial charge in [0.2, 0.25) is 0 Å². The Kier molecular flexibility index (Phi) is 2.56. The highest BCUT2D eigenvalue weighted by Gasteiger charge is 2.43. The Morgan fingerprint density at radius 3 is 2.44 bits per heavy atom. The van der Waals surface area contributed by atoms with Crippen molar-refractivity contribution in [1.29, 1.82) is 0 Å². The quantitative estimate of drug-likeness (QED) is 0.830. The van der Waals surface area contributed by atoms with E-state index in [4.69, 9.17) is 9.47 Å². The van der Waals surface area contributed by atoms with Gasteiger partial charge in [0, 0.05) is 0 Å². The first-order valence-electron chi connectivity index (χ1n) is 6.61. The topological polar surface area (TPSA) is 38.7 Å². The predicted molar refractivity (Wildman–Crippen MR) is 69.0 cm³/mol. The minimum absolute atomic E-state index is 0.210. The summed E-state index contributed by atoms with van der Waals surface area (Å²) in [5.41, 5.74) is 0.457. The SMILES string of the molecule is CC1(C)CCC(O)(c2ccc3c(c2)OCCO3)C1. The van der Waals surface area contributed by atoms with E-state index in [2.05, 4.69) is 13.8 Å². The molecule has 18 heavy (non-hydrogen) atoms. The van der Waals surface area contributed by atoms with Gasteiger partial charge >= 0.3 is 0 Å². The number of hydrogen-bond donors (Lipinski definition) is 1. The van der Waals surface area contributed by atoms with Gasteiger partial charge in [-0.25, -0.2) is 0 Å². The van der Waals surface area contributed by atoms with E-state index in [0.717, 1.165) is 36.3 Å². The maximum absolute atomic E-state index is 10.8. The van der Waals surface area contributed by atoms with Gasteiger partial charge in [0.25, 0.3) is 0 Å². The van der Waals surface area contributed by atoms with Crippen LogP contribution in [0.3, 0.4) is 0 Å². The number of aliphatic hydroxyl groups is 1. The molecule has 1 aromatic carbocycles. The zero-order chi connectivity index (χ0) is 12.8. The molecule has 1 aromatic rings. The molecule has 0 bridgehead atoms. The van der Waals surface area contributed by atoms with Crippen molar-refractivity contribution in [1.82, 2.24) is 0 Å². The molecule has 1 aliphatic heterocycles. The molecule has 1 unspecified atom stereocenters. The molecule has 0 radical (unpaired) electrons. The van der Waals surface area contributed by atoms with Crippen LogP contribution in [0.25, 0.3) is 0 Å². The van der Waals surface area contributed by atoms with E-state index in [9.17, 15) is 5.11 Å². The van der Waals surface area contributed by atoms with Gasteiger partial charge in [-0.1, -0.05) is 19.9 Å². The standard InChI is InChI=1S/C15H20O3/c1-14(2)5-6-15(16,10-14)11-3-4-12-13(9-11)18-8-7-17-12/h3-4,9,16H,5-8,10H2,1-2H3. The normalized spacial score (nSPS) is 29.3. The summed E-state index contributed by atoms with van der Waals surface area (Å²) in [6, 6.07) is 5.82. The highest BCUT2D eigenvalue weighted by atomic mass is 16.6. The van der Waals surface area contributed by atoms with Crippen molar-refractivity contribution in [3.63, 3.8) is 0 Å². The van der Waals surface area contributed by atoms with Gasteiger partial charge in [-0.05, 0) is 42.4 Å². The number of fused-ring (bicyclic) bond motifs is 1. The van der Waals surface area contributed by atoms with Gasteiger partial charge in [0.1, 0.15) is 13.2 Å². The van der Waals surface area contributed by atoms with Gasteiger partial charge in [-0.2, -0.15) is 0 Å². The third-order valence-electron chi connectivity index (χ3n) is 4.07. The molecule has 0 aromatic heterocycles. The van der Waals surface area contributed by atoms with Crippen LogP contribution in [0.1, 0.15) is 38.7 Å². The van der Waals surface area contributed by atoms with Gasteiger partial charge in [-0.3, -0.25) is 0 Å². The van der Waals surface area contributed by atoms with Crippen LogP contribution >= 0.6 is 0 Å². The summed E-state index contributed by atoms with van der Waals surface area (Å²) in [6.45, 7) is 5.61. The lowest BCUT2D eigenvalue weighted by Crippen LogP contribution is -2.24. The van der Waals surface area contributed by atoms with Crippen molar-refractivity contribution in [3.05, 3.63) is 23.8 Å². The molecule has 0 spiro atoms. The van der Waals surface area contributed by atoms with Crippen LogP contribution in [-0.2, 0) is 5.60 Å². The minimum Gasteiger partial charge on any atom is -0.486 e. The summed E-state index contributed by atoms with van der Waals surface area (Å²) in [5, 5.41) is 10.8. The largest absolute Gasteiger partial charge is 0.486 e. The first kappa shape index (κ1) is 11.8. The van der Waals surface area contributed by atoms with Crippen LogP contribution in [0.2, 0.25) is 0 Å². The van der Waals surface area contributed by atoms with Crippen LogP contribution in [0.15, 0.2) is 18.2 Å². The van der Waals surface area contributed by atoms with E-state index >= 15 is 0 Å². The predicted octanol–water partition coefficient (Wildman–Crippen LogP) is 2.86. The molecular weight excluding hydrogens is 228 g/mol. The highest BCUT2D eigenvalue weighted by Crippen LogP contribution is 2.50. The Labute approximate surface area is 108 Å². The van der Waals surface area contributed by atoms with Gasteiger partial charge < -0.3 is 14.6 Å². The van der Waals surface area contributed by atoms with Gasteiger partial charge in [0.15, 0.2) is 11.5 Å². The lowest BCUT2D eigenvalue weighted by molar-refractivity contribution is 0.0333. The summed E-state index contributed by atoms with van der Waals surface area (Å²) in [4.78, 5) is 0. The summed E-state index contributed by atoms with van der Waals surface area (Å²) >= 11 is 0. The van der Waals surface area contributed by atoms with E-state index in [1.165, 1.54) is 0 Å². The van der Waals surface area contributed by atoms with Crippen LogP contribution in [0, 0.1) is 5.41 Å². The van der Waals surface area contributed by atoms with Crippen molar-refractivity contribution in [2.75, 3.05) is 13.2 Å².